The van der Waals surface area contributed by atoms with Crippen LogP contribution >= 0.6 is 15.9 Å². The van der Waals surface area contributed by atoms with Crippen molar-refractivity contribution < 1.29 is 9.90 Å². The molecule has 0 radical (unpaired) electrons. The second-order valence-electron chi connectivity index (χ2n) is 9.50. The average Bonchev–Trinajstić information content (AvgIpc) is 3.65. The third kappa shape index (κ3) is 5.58. The van der Waals surface area contributed by atoms with Gasteiger partial charge in [0.1, 0.15) is 0 Å². The molecule has 1 aliphatic heterocycles. The van der Waals surface area contributed by atoms with Crippen LogP contribution in [0.15, 0.2) is 39.7 Å². The van der Waals surface area contributed by atoms with Gasteiger partial charge in [0, 0.05) is 49.5 Å². The summed E-state index contributed by atoms with van der Waals surface area (Å²) in [5.41, 5.74) is 4.47. The highest BCUT2D eigenvalue weighted by molar-refractivity contribution is 9.10. The molecule has 0 bridgehead atoms. The number of nitrogens with zero attached hydrogens (tertiary/aromatic N) is 2. The summed E-state index contributed by atoms with van der Waals surface area (Å²) in [5.74, 6) is 0.0666. The van der Waals surface area contributed by atoms with Crippen LogP contribution in [-0.2, 0) is 24.8 Å². The second kappa shape index (κ2) is 10.5. The number of benzene rings is 1. The number of hydrogen-bond donors (Lipinski definition) is 2. The molecule has 2 heterocycles. The fraction of sp³-hybridized carbons (Fsp3) is 0.538. The molecule has 1 aliphatic carbocycles. The zero-order valence-corrected chi connectivity index (χ0v) is 21.1. The number of hydrogen-bond acceptors (Lipinski definition) is 4. The topological polar surface area (TPSA) is 74.6 Å². The number of aliphatic hydroxyl groups excluding tert-OH is 1. The average molecular weight is 516 g/mol. The Hall–Kier alpha value is -1.96. The molecular weight excluding hydrogens is 482 g/mol. The molecule has 2 aliphatic rings. The second-order valence-corrected chi connectivity index (χ2v) is 10.4. The zero-order chi connectivity index (χ0) is 23.5. The smallest absolute Gasteiger partial charge is 0.250 e. The third-order valence-electron chi connectivity index (χ3n) is 7.10. The van der Waals surface area contributed by atoms with Crippen LogP contribution in [0.25, 0.3) is 0 Å². The van der Waals surface area contributed by atoms with Gasteiger partial charge in [0.2, 0.25) is 5.91 Å². The van der Waals surface area contributed by atoms with Gasteiger partial charge >= 0.3 is 0 Å². The summed E-state index contributed by atoms with van der Waals surface area (Å²) in [6, 6.07) is 8.30. The maximum Gasteiger partial charge on any atom is 0.250 e. The van der Waals surface area contributed by atoms with Crippen molar-refractivity contribution in [1.29, 1.82) is 0 Å². The number of carbonyl (C=O) groups excluding carboxylic acids is 1. The van der Waals surface area contributed by atoms with Gasteiger partial charge in [-0.15, -0.1) is 0 Å². The van der Waals surface area contributed by atoms with E-state index in [9.17, 15) is 14.7 Å². The van der Waals surface area contributed by atoms with E-state index in [1.807, 2.05) is 6.07 Å². The number of nitrogens with one attached hydrogen (secondary N) is 1. The molecule has 6 nitrogen and oxygen atoms in total. The molecule has 1 saturated heterocycles. The Morgan fingerprint density at radius 2 is 2.06 bits per heavy atom. The Balaban J connectivity index is 1.58. The van der Waals surface area contributed by atoms with Gasteiger partial charge in [0.15, 0.2) is 0 Å². The monoisotopic (exact) mass is 515 g/mol. The molecule has 7 heteroatoms. The summed E-state index contributed by atoms with van der Waals surface area (Å²) in [4.78, 5) is 28.2. The van der Waals surface area contributed by atoms with Gasteiger partial charge in [-0.25, -0.2) is 0 Å². The summed E-state index contributed by atoms with van der Waals surface area (Å²) in [6.45, 7) is 4.35. The predicted molar refractivity (Wildman–Crippen MR) is 133 cm³/mol. The van der Waals surface area contributed by atoms with Crippen LogP contribution in [0, 0.1) is 12.8 Å². The van der Waals surface area contributed by atoms with Crippen LogP contribution < -0.4 is 10.9 Å². The molecule has 178 valence electrons. The molecule has 2 N–H and O–H groups in total. The first-order valence-electron chi connectivity index (χ1n) is 12.0. The van der Waals surface area contributed by atoms with Crippen LogP contribution in [0.1, 0.15) is 53.9 Å². The lowest BCUT2D eigenvalue weighted by atomic mass is 9.80. The van der Waals surface area contributed by atoms with E-state index in [2.05, 4.69) is 45.2 Å². The van der Waals surface area contributed by atoms with E-state index in [0.29, 0.717) is 19.1 Å². The van der Waals surface area contributed by atoms with Crippen molar-refractivity contribution in [2.45, 2.75) is 57.5 Å². The molecule has 0 spiro atoms. The summed E-state index contributed by atoms with van der Waals surface area (Å²) >= 11 is 3.69. The molecule has 4 rings (SSSR count). The fourth-order valence-electron chi connectivity index (χ4n) is 4.91. The highest BCUT2D eigenvalue weighted by Gasteiger charge is 2.40. The molecule has 2 fully saturated rings. The van der Waals surface area contributed by atoms with Crippen molar-refractivity contribution in [2.75, 3.05) is 19.7 Å². The lowest BCUT2D eigenvalue weighted by Crippen LogP contribution is -2.47. The lowest BCUT2D eigenvalue weighted by molar-refractivity contribution is -0.138. The fourth-order valence-corrected chi connectivity index (χ4v) is 5.46. The molecule has 33 heavy (non-hydrogen) atoms. The Bertz CT molecular complexity index is 1060. The van der Waals surface area contributed by atoms with Crippen LogP contribution in [0.5, 0.6) is 0 Å². The first-order chi connectivity index (χ1) is 15.9. The van der Waals surface area contributed by atoms with Gasteiger partial charge < -0.3 is 19.9 Å². The van der Waals surface area contributed by atoms with Crippen molar-refractivity contribution in [3.8, 4) is 0 Å². The Labute approximate surface area is 204 Å². The molecule has 1 aromatic carbocycles. The molecular formula is C26H34BrN3O3. The van der Waals surface area contributed by atoms with Gasteiger partial charge in [-0.1, -0.05) is 22.0 Å². The SMILES string of the molecule is Cc1c(Br)cc(CN(C(=O)[C@@H]2CNCC[C@H]2c2ccn(C)c(=O)c2)C2CC2)cc1CCCO. The van der Waals surface area contributed by atoms with Crippen molar-refractivity contribution in [2.24, 2.45) is 13.0 Å². The number of aliphatic hydroxyl groups is 1. The van der Waals surface area contributed by atoms with Crippen LogP contribution in [0.4, 0.5) is 0 Å². The highest BCUT2D eigenvalue weighted by Crippen LogP contribution is 2.36. The maximum atomic E-state index is 13.9. The van der Waals surface area contributed by atoms with Gasteiger partial charge in [-0.3, -0.25) is 9.59 Å². The van der Waals surface area contributed by atoms with Gasteiger partial charge in [0.05, 0.1) is 5.92 Å². The van der Waals surface area contributed by atoms with Crippen molar-refractivity contribution in [3.63, 3.8) is 0 Å². The number of halogens is 1. The van der Waals surface area contributed by atoms with Gasteiger partial charge in [-0.2, -0.15) is 0 Å². The highest BCUT2D eigenvalue weighted by atomic mass is 79.9. The van der Waals surface area contributed by atoms with Crippen molar-refractivity contribution in [1.82, 2.24) is 14.8 Å². The van der Waals surface area contributed by atoms with E-state index in [1.54, 1.807) is 23.9 Å². The largest absolute Gasteiger partial charge is 0.396 e. The molecule has 1 saturated carbocycles. The van der Waals surface area contributed by atoms with Crippen molar-refractivity contribution in [3.05, 3.63) is 67.5 Å². The van der Waals surface area contributed by atoms with E-state index in [1.165, 1.54) is 11.1 Å². The standard InChI is InChI=1S/C26H34BrN3O3/c1-17-19(4-3-11-31)12-18(13-24(17)27)16-30(21-5-6-21)26(33)23-15-28-9-7-22(23)20-8-10-29(2)25(32)14-20/h8,10,12-14,21-23,28,31H,3-7,9,11,15-16H2,1-2H3/t22-,23+/m0/s1. The maximum absolute atomic E-state index is 13.9. The van der Waals surface area contributed by atoms with Crippen LogP contribution in [-0.4, -0.2) is 46.2 Å². The van der Waals surface area contributed by atoms with Crippen LogP contribution in [0.2, 0.25) is 0 Å². The van der Waals surface area contributed by atoms with E-state index in [-0.39, 0.29) is 29.9 Å². The van der Waals surface area contributed by atoms with Gasteiger partial charge in [-0.05, 0) is 85.9 Å². The number of rotatable bonds is 8. The lowest BCUT2D eigenvalue weighted by Gasteiger charge is -2.36. The molecule has 1 aromatic heterocycles. The number of carbonyl (C=O) groups is 1. The number of amides is 1. The van der Waals surface area contributed by atoms with E-state index < -0.39 is 0 Å². The molecule has 2 atom stereocenters. The minimum absolute atomic E-state index is 0.0313. The number of pyridine rings is 1. The summed E-state index contributed by atoms with van der Waals surface area (Å²) < 4.78 is 2.62. The van der Waals surface area contributed by atoms with Crippen LogP contribution in [0.3, 0.4) is 0 Å². The summed E-state index contributed by atoms with van der Waals surface area (Å²) in [6.07, 6.45) is 6.30. The number of piperidine rings is 1. The van der Waals surface area contributed by atoms with E-state index in [0.717, 1.165) is 54.2 Å². The summed E-state index contributed by atoms with van der Waals surface area (Å²) in [7, 11) is 1.75. The number of aryl methyl sites for hydroxylation is 2. The molecule has 0 unspecified atom stereocenters. The minimum atomic E-state index is -0.172. The van der Waals surface area contributed by atoms with Crippen molar-refractivity contribution >= 4 is 21.8 Å². The Kier molecular flexibility index (Phi) is 7.72. The first kappa shape index (κ1) is 24.2. The third-order valence-corrected chi connectivity index (χ3v) is 7.92. The normalized spacial score (nSPS) is 20.6. The zero-order valence-electron chi connectivity index (χ0n) is 19.5. The predicted octanol–water partition coefficient (Wildman–Crippen LogP) is 3.27. The Morgan fingerprint density at radius 1 is 1.27 bits per heavy atom. The van der Waals surface area contributed by atoms with E-state index in [4.69, 9.17) is 0 Å². The van der Waals surface area contributed by atoms with Gasteiger partial charge in [0.25, 0.3) is 5.56 Å². The molecule has 1 amide bonds. The molecule has 2 aromatic rings. The first-order valence-corrected chi connectivity index (χ1v) is 12.7. The van der Waals surface area contributed by atoms with E-state index >= 15 is 0 Å². The summed E-state index contributed by atoms with van der Waals surface area (Å²) in [5, 5.41) is 12.7. The Morgan fingerprint density at radius 3 is 2.76 bits per heavy atom. The minimum Gasteiger partial charge on any atom is -0.396 e. The number of aromatic nitrogens is 1. The quantitative estimate of drug-likeness (QED) is 0.565.